The highest BCUT2D eigenvalue weighted by atomic mass is 35.5. The molecule has 4 rings (SSSR count). The molecule has 0 amide bonds. The Hall–Kier alpha value is -2.32. The van der Waals surface area contributed by atoms with Gasteiger partial charge in [0.25, 0.3) is 0 Å². The Morgan fingerprint density at radius 2 is 2.17 bits per heavy atom. The lowest BCUT2D eigenvalue weighted by atomic mass is 10.4. The van der Waals surface area contributed by atoms with Crippen LogP contribution < -0.4 is 0 Å². The number of aromatic nitrogens is 6. The smallest absolute Gasteiger partial charge is 0.210 e. The molecule has 0 atom stereocenters. The van der Waals surface area contributed by atoms with Crippen LogP contribution in [0.15, 0.2) is 52.5 Å². The first-order chi connectivity index (χ1) is 11.3. The number of hydrogen-bond acceptors (Lipinski definition) is 6. The molecular formula is C14H11ClN6OS. The first-order valence-electron chi connectivity index (χ1n) is 6.82. The summed E-state index contributed by atoms with van der Waals surface area (Å²) in [6, 6.07) is 7.44. The SMILES string of the molecule is Clc1ccc2nc(CSc3nnnn3Cc3ccco3)cn2c1. The predicted octanol–water partition coefficient (Wildman–Crippen LogP) is 2.91. The molecule has 4 heterocycles. The van der Waals surface area contributed by atoms with Crippen LogP contribution in [0, 0.1) is 0 Å². The van der Waals surface area contributed by atoms with Crippen LogP contribution in [0.2, 0.25) is 5.02 Å². The minimum atomic E-state index is 0.503. The zero-order valence-electron chi connectivity index (χ0n) is 11.8. The van der Waals surface area contributed by atoms with Crippen molar-refractivity contribution in [3.63, 3.8) is 0 Å². The lowest BCUT2D eigenvalue weighted by Gasteiger charge is -2.00. The van der Waals surface area contributed by atoms with Gasteiger partial charge in [0.05, 0.1) is 17.0 Å². The van der Waals surface area contributed by atoms with Gasteiger partial charge in [0.15, 0.2) is 0 Å². The van der Waals surface area contributed by atoms with E-state index in [-0.39, 0.29) is 0 Å². The van der Waals surface area contributed by atoms with Crippen LogP contribution in [0.25, 0.3) is 5.65 Å². The molecule has 0 N–H and O–H groups in total. The lowest BCUT2D eigenvalue weighted by Crippen LogP contribution is -2.03. The van der Waals surface area contributed by atoms with Gasteiger partial charge in [0, 0.05) is 18.1 Å². The number of furan rings is 1. The predicted molar refractivity (Wildman–Crippen MR) is 85.4 cm³/mol. The quantitative estimate of drug-likeness (QED) is 0.517. The Labute approximate surface area is 140 Å². The topological polar surface area (TPSA) is 74.0 Å². The van der Waals surface area contributed by atoms with E-state index >= 15 is 0 Å². The Balaban J connectivity index is 1.49. The second-order valence-corrected chi connectivity index (χ2v) is 6.21. The number of imidazole rings is 1. The molecule has 23 heavy (non-hydrogen) atoms. The van der Waals surface area contributed by atoms with Crippen LogP contribution in [0.5, 0.6) is 0 Å². The van der Waals surface area contributed by atoms with E-state index in [1.54, 1.807) is 10.9 Å². The maximum atomic E-state index is 5.98. The largest absolute Gasteiger partial charge is 0.467 e. The van der Waals surface area contributed by atoms with Gasteiger partial charge in [0.2, 0.25) is 5.16 Å². The van der Waals surface area contributed by atoms with Gasteiger partial charge < -0.3 is 8.82 Å². The van der Waals surface area contributed by atoms with E-state index < -0.39 is 0 Å². The molecule has 0 aliphatic rings. The van der Waals surface area contributed by atoms with E-state index in [9.17, 15) is 0 Å². The van der Waals surface area contributed by atoms with E-state index in [1.165, 1.54) is 11.8 Å². The molecule has 0 saturated heterocycles. The van der Waals surface area contributed by atoms with Crippen molar-refractivity contribution in [2.45, 2.75) is 17.5 Å². The molecule has 0 saturated carbocycles. The van der Waals surface area contributed by atoms with Gasteiger partial charge in [-0.3, -0.25) is 0 Å². The van der Waals surface area contributed by atoms with Gasteiger partial charge in [-0.05, 0) is 34.7 Å². The van der Waals surface area contributed by atoms with Crippen molar-refractivity contribution >= 4 is 29.0 Å². The van der Waals surface area contributed by atoms with Crippen LogP contribution in [0.1, 0.15) is 11.5 Å². The first kappa shape index (κ1) is 14.3. The molecule has 116 valence electrons. The third-order valence-corrected chi connectivity index (χ3v) is 4.41. The van der Waals surface area contributed by atoms with Gasteiger partial charge >= 0.3 is 0 Å². The summed E-state index contributed by atoms with van der Waals surface area (Å²) in [6.45, 7) is 0.503. The normalized spacial score (nSPS) is 11.3. The highest BCUT2D eigenvalue weighted by Gasteiger charge is 2.10. The van der Waals surface area contributed by atoms with Gasteiger partial charge in [-0.25, -0.2) is 9.67 Å². The van der Waals surface area contributed by atoms with Crippen LogP contribution in [0.4, 0.5) is 0 Å². The number of fused-ring (bicyclic) bond motifs is 1. The maximum absolute atomic E-state index is 5.98. The van der Waals surface area contributed by atoms with E-state index in [0.717, 1.165) is 22.3 Å². The molecule has 0 spiro atoms. The standard InChI is InChI=1S/C14H11ClN6OS/c15-10-3-4-13-16-11(7-20(13)6-10)9-23-14-17-18-19-21(14)8-12-2-1-5-22-12/h1-7H,8-9H2. The molecule has 0 aromatic carbocycles. The fraction of sp³-hybridized carbons (Fsp3) is 0.143. The number of halogens is 1. The molecule has 0 bridgehead atoms. The van der Waals surface area contributed by atoms with E-state index in [1.807, 2.05) is 41.1 Å². The molecule has 0 aliphatic heterocycles. The van der Waals surface area contributed by atoms with E-state index in [4.69, 9.17) is 16.0 Å². The van der Waals surface area contributed by atoms with Gasteiger partial charge in [-0.2, -0.15) is 0 Å². The Bertz CT molecular complexity index is 932. The van der Waals surface area contributed by atoms with Crippen molar-refractivity contribution in [1.29, 1.82) is 0 Å². The van der Waals surface area contributed by atoms with Gasteiger partial charge in [-0.15, -0.1) is 5.10 Å². The number of pyridine rings is 1. The van der Waals surface area contributed by atoms with E-state index in [2.05, 4.69) is 20.5 Å². The number of tetrazole rings is 1. The third-order valence-electron chi connectivity index (χ3n) is 3.20. The zero-order chi connectivity index (χ0) is 15.6. The summed E-state index contributed by atoms with van der Waals surface area (Å²) in [5, 5.41) is 13.2. The average Bonchev–Trinajstić information content (AvgIpc) is 3.26. The number of rotatable bonds is 5. The summed E-state index contributed by atoms with van der Waals surface area (Å²) in [7, 11) is 0. The van der Waals surface area contributed by atoms with Crippen molar-refractivity contribution in [3.05, 3.63) is 59.4 Å². The summed E-state index contributed by atoms with van der Waals surface area (Å²) in [6.07, 6.45) is 5.42. The number of nitrogens with zero attached hydrogens (tertiary/aromatic N) is 6. The minimum absolute atomic E-state index is 0.503. The molecule has 4 aromatic rings. The minimum Gasteiger partial charge on any atom is -0.467 e. The fourth-order valence-corrected chi connectivity index (χ4v) is 3.10. The second kappa shape index (κ2) is 6.05. The Morgan fingerprint density at radius 1 is 1.22 bits per heavy atom. The molecule has 9 heteroatoms. The maximum Gasteiger partial charge on any atom is 0.210 e. The molecule has 0 radical (unpaired) electrons. The fourth-order valence-electron chi connectivity index (χ4n) is 2.17. The molecule has 0 fully saturated rings. The summed E-state index contributed by atoms with van der Waals surface area (Å²) >= 11 is 7.51. The Morgan fingerprint density at radius 3 is 3.04 bits per heavy atom. The van der Waals surface area contributed by atoms with Gasteiger partial charge in [0.1, 0.15) is 18.0 Å². The van der Waals surface area contributed by atoms with Crippen LogP contribution in [-0.2, 0) is 12.3 Å². The Kier molecular flexibility index (Phi) is 3.76. The van der Waals surface area contributed by atoms with Crippen molar-refractivity contribution in [1.82, 2.24) is 29.6 Å². The molecule has 0 unspecified atom stereocenters. The van der Waals surface area contributed by atoms with Crippen LogP contribution >= 0.6 is 23.4 Å². The summed E-state index contributed by atoms with van der Waals surface area (Å²) < 4.78 is 8.93. The average molecular weight is 347 g/mol. The highest BCUT2D eigenvalue weighted by Crippen LogP contribution is 2.21. The lowest BCUT2D eigenvalue weighted by molar-refractivity contribution is 0.462. The molecule has 7 nitrogen and oxygen atoms in total. The summed E-state index contributed by atoms with van der Waals surface area (Å²) in [5.41, 5.74) is 1.80. The van der Waals surface area contributed by atoms with Crippen molar-refractivity contribution in [2.75, 3.05) is 0 Å². The number of thioether (sulfide) groups is 1. The summed E-state index contributed by atoms with van der Waals surface area (Å²) in [4.78, 5) is 4.55. The molecule has 0 aliphatic carbocycles. The monoisotopic (exact) mass is 346 g/mol. The third kappa shape index (κ3) is 3.08. The second-order valence-electron chi connectivity index (χ2n) is 4.83. The van der Waals surface area contributed by atoms with Crippen molar-refractivity contribution in [3.8, 4) is 0 Å². The van der Waals surface area contributed by atoms with Crippen molar-refractivity contribution < 1.29 is 4.42 Å². The van der Waals surface area contributed by atoms with Crippen LogP contribution in [-0.4, -0.2) is 29.6 Å². The first-order valence-corrected chi connectivity index (χ1v) is 8.19. The van der Waals surface area contributed by atoms with E-state index in [0.29, 0.717) is 17.3 Å². The summed E-state index contributed by atoms with van der Waals surface area (Å²) in [5.74, 6) is 1.47. The molecule has 4 aromatic heterocycles. The van der Waals surface area contributed by atoms with Crippen molar-refractivity contribution in [2.24, 2.45) is 0 Å². The van der Waals surface area contributed by atoms with Gasteiger partial charge in [-0.1, -0.05) is 23.4 Å². The molecular weight excluding hydrogens is 336 g/mol. The number of hydrogen-bond donors (Lipinski definition) is 0. The zero-order valence-corrected chi connectivity index (χ0v) is 13.4. The van der Waals surface area contributed by atoms with Crippen LogP contribution in [0.3, 0.4) is 0 Å². The highest BCUT2D eigenvalue weighted by molar-refractivity contribution is 7.98.